The molecule has 2 fully saturated rings. The van der Waals surface area contributed by atoms with Crippen molar-refractivity contribution in [3.63, 3.8) is 0 Å². The number of likely N-dealkylation sites (tertiary alicyclic amines) is 1. The largest absolute Gasteiger partial charge is 0.394 e. The van der Waals surface area contributed by atoms with Crippen LogP contribution in [0.2, 0.25) is 0 Å². The van der Waals surface area contributed by atoms with Gasteiger partial charge in [0.05, 0.1) is 29.2 Å². The maximum absolute atomic E-state index is 14.9. The van der Waals surface area contributed by atoms with Gasteiger partial charge >= 0.3 is 0 Å². The molecule has 1 spiro atoms. The molecule has 7 nitrogen and oxygen atoms in total. The first-order valence-electron chi connectivity index (χ1n) is 14.7. The van der Waals surface area contributed by atoms with Crippen LogP contribution in [-0.4, -0.2) is 91.4 Å². The minimum Gasteiger partial charge on any atom is -0.394 e. The van der Waals surface area contributed by atoms with Crippen molar-refractivity contribution >= 4 is 29.5 Å². The minimum atomic E-state index is -0.928. The number of aliphatic hydroxyl groups excluding tert-OH is 1. The number of hydrogen-bond acceptors (Lipinski definition) is 5. The van der Waals surface area contributed by atoms with Crippen molar-refractivity contribution in [2.45, 2.75) is 81.5 Å². The molecule has 0 saturated carbocycles. The lowest BCUT2D eigenvalue weighted by Crippen LogP contribution is -2.61. The lowest BCUT2D eigenvalue weighted by atomic mass is 9.74. The molecule has 5 rings (SSSR count). The second-order valence-electron chi connectivity index (χ2n) is 14.3. The van der Waals surface area contributed by atoms with Gasteiger partial charge in [0, 0.05) is 30.4 Å². The second-order valence-corrected chi connectivity index (χ2v) is 16.1. The molecule has 0 bridgehead atoms. The summed E-state index contributed by atoms with van der Waals surface area (Å²) >= 11 is 1.59. The smallest absolute Gasteiger partial charge is 0.247 e. The van der Waals surface area contributed by atoms with Gasteiger partial charge in [-0.25, -0.2) is 0 Å². The zero-order valence-electron chi connectivity index (χ0n) is 25.5. The molecule has 2 saturated heterocycles. The highest BCUT2D eigenvalue weighted by atomic mass is 32.2. The lowest BCUT2D eigenvalue weighted by Gasteiger charge is -2.45. The molecule has 222 valence electrons. The topological polar surface area (TPSA) is 81.2 Å². The van der Waals surface area contributed by atoms with E-state index in [2.05, 4.69) is 46.8 Å². The van der Waals surface area contributed by atoms with E-state index >= 15 is 0 Å². The maximum atomic E-state index is 14.9. The van der Waals surface area contributed by atoms with E-state index in [9.17, 15) is 19.5 Å². The molecule has 3 amide bonds. The molecule has 1 N–H and O–H groups in total. The Labute approximate surface area is 249 Å². The standard InChI is InChI=1S/C33H45N3O4S/c1-30(2,3)21-31(4,5)35-18-12-16-33-25(24-27(38)34(7)17-11-15-32(24,6)41-33)28(39)36(26(33)29(35)40)23(20-37)19-22-13-9-8-10-14-22/h8-16,23-26,37H,17-21H2,1-7H3/t23-,24-,25+,26?,32+,33+/m1/s1. The van der Waals surface area contributed by atoms with Gasteiger partial charge in [0.2, 0.25) is 17.7 Å². The number of likely N-dealkylation sites (N-methyl/N-ethyl adjacent to an activating group) is 1. The Bertz CT molecular complexity index is 1270. The highest BCUT2D eigenvalue weighted by Gasteiger charge is 2.74. The molecule has 1 unspecified atom stereocenters. The predicted octanol–water partition coefficient (Wildman–Crippen LogP) is 3.92. The average molecular weight is 580 g/mol. The summed E-state index contributed by atoms with van der Waals surface area (Å²) in [5.74, 6) is -1.71. The Morgan fingerprint density at radius 2 is 1.61 bits per heavy atom. The molecule has 0 aliphatic carbocycles. The summed E-state index contributed by atoms with van der Waals surface area (Å²) in [6, 6.07) is 8.35. The van der Waals surface area contributed by atoms with E-state index < -0.39 is 39.0 Å². The number of carbonyl (C=O) groups is 3. The summed E-state index contributed by atoms with van der Waals surface area (Å²) < 4.78 is -1.57. The summed E-state index contributed by atoms with van der Waals surface area (Å²) in [4.78, 5) is 48.9. The molecule has 0 aromatic heterocycles. The molecule has 1 aromatic carbocycles. The zero-order chi connectivity index (χ0) is 30.0. The lowest BCUT2D eigenvalue weighted by molar-refractivity contribution is -0.149. The van der Waals surface area contributed by atoms with E-state index in [0.29, 0.717) is 19.5 Å². The van der Waals surface area contributed by atoms with Crippen LogP contribution < -0.4 is 0 Å². The average Bonchev–Trinajstić information content (AvgIpc) is 3.16. The molecular weight excluding hydrogens is 534 g/mol. The summed E-state index contributed by atoms with van der Waals surface area (Å²) in [6.45, 7) is 13.4. The van der Waals surface area contributed by atoms with Gasteiger partial charge in [0.1, 0.15) is 6.04 Å². The van der Waals surface area contributed by atoms with Gasteiger partial charge in [-0.1, -0.05) is 75.4 Å². The van der Waals surface area contributed by atoms with E-state index in [0.717, 1.165) is 12.0 Å². The van der Waals surface area contributed by atoms with Crippen molar-refractivity contribution in [1.82, 2.24) is 14.7 Å². The van der Waals surface area contributed by atoms with Gasteiger partial charge in [0.15, 0.2) is 0 Å². The molecule has 0 radical (unpaired) electrons. The quantitative estimate of drug-likeness (QED) is 0.517. The summed E-state index contributed by atoms with van der Waals surface area (Å²) in [6.07, 6.45) is 9.38. The summed E-state index contributed by atoms with van der Waals surface area (Å²) in [5, 5.41) is 10.7. The Balaban J connectivity index is 1.66. The minimum absolute atomic E-state index is 0.0171. The van der Waals surface area contributed by atoms with E-state index in [1.54, 1.807) is 28.6 Å². The highest BCUT2D eigenvalue weighted by Crippen LogP contribution is 2.66. The summed E-state index contributed by atoms with van der Waals surface area (Å²) in [7, 11) is 1.78. The van der Waals surface area contributed by atoms with Gasteiger partial charge in [-0.2, -0.15) is 0 Å². The van der Waals surface area contributed by atoms with Crippen molar-refractivity contribution in [1.29, 1.82) is 0 Å². The molecule has 4 aliphatic heterocycles. The first-order chi connectivity index (χ1) is 19.2. The van der Waals surface area contributed by atoms with Gasteiger partial charge in [-0.15, -0.1) is 11.8 Å². The van der Waals surface area contributed by atoms with Crippen LogP contribution in [0.5, 0.6) is 0 Å². The first kappa shape index (κ1) is 29.9. The van der Waals surface area contributed by atoms with Gasteiger partial charge < -0.3 is 19.8 Å². The number of hydrogen-bond donors (Lipinski definition) is 1. The SMILES string of the molecule is CN1CC=C[C@]2(C)S[C@]34C=CCN(C(C)(C)CC(C)(C)C)C(=O)C3N([C@@H](CO)Cc3ccccc3)C(=O)[C@@H]4[C@@H]2C1=O. The molecule has 4 heterocycles. The number of fused-ring (bicyclic) bond motifs is 2. The number of aliphatic hydroxyl groups is 1. The van der Waals surface area contributed by atoms with E-state index in [-0.39, 0.29) is 29.7 Å². The predicted molar refractivity (Wildman–Crippen MR) is 163 cm³/mol. The molecular formula is C33H45N3O4S. The third-order valence-electron chi connectivity index (χ3n) is 9.31. The third-order valence-corrected chi connectivity index (χ3v) is 11.1. The van der Waals surface area contributed by atoms with Crippen LogP contribution in [0.1, 0.15) is 53.5 Å². The van der Waals surface area contributed by atoms with Crippen molar-refractivity contribution in [2.75, 3.05) is 26.7 Å². The van der Waals surface area contributed by atoms with Gasteiger partial charge in [0.25, 0.3) is 0 Å². The Kier molecular flexibility index (Phi) is 7.51. The second kappa shape index (κ2) is 10.3. The van der Waals surface area contributed by atoms with Crippen LogP contribution in [0.4, 0.5) is 0 Å². The molecule has 8 heteroatoms. The third kappa shape index (κ3) is 4.95. The number of rotatable bonds is 6. The fourth-order valence-electron chi connectivity index (χ4n) is 8.05. The molecule has 6 atom stereocenters. The Morgan fingerprint density at radius 3 is 2.24 bits per heavy atom. The first-order valence-corrected chi connectivity index (χ1v) is 15.6. The maximum Gasteiger partial charge on any atom is 0.247 e. The van der Waals surface area contributed by atoms with E-state index in [1.807, 2.05) is 54.3 Å². The fourth-order valence-corrected chi connectivity index (χ4v) is 10.2. The monoisotopic (exact) mass is 579 g/mol. The van der Waals surface area contributed by atoms with Crippen LogP contribution in [0.3, 0.4) is 0 Å². The number of benzene rings is 1. The van der Waals surface area contributed by atoms with Crippen molar-refractivity contribution < 1.29 is 19.5 Å². The van der Waals surface area contributed by atoms with Crippen LogP contribution >= 0.6 is 11.8 Å². The normalized spacial score (nSPS) is 32.5. The van der Waals surface area contributed by atoms with Crippen LogP contribution in [0, 0.1) is 17.3 Å². The van der Waals surface area contributed by atoms with Crippen LogP contribution in [0.15, 0.2) is 54.6 Å². The highest BCUT2D eigenvalue weighted by molar-refractivity contribution is 8.02. The van der Waals surface area contributed by atoms with Crippen LogP contribution in [-0.2, 0) is 20.8 Å². The number of amides is 3. The molecule has 4 aliphatic rings. The van der Waals surface area contributed by atoms with Crippen LogP contribution in [0.25, 0.3) is 0 Å². The van der Waals surface area contributed by atoms with Crippen molar-refractivity contribution in [2.24, 2.45) is 17.3 Å². The Morgan fingerprint density at radius 1 is 0.951 bits per heavy atom. The number of carbonyl (C=O) groups excluding carboxylic acids is 3. The number of nitrogens with zero attached hydrogens (tertiary/aromatic N) is 3. The van der Waals surface area contributed by atoms with Crippen molar-refractivity contribution in [3.8, 4) is 0 Å². The summed E-state index contributed by atoms with van der Waals surface area (Å²) in [5.41, 5.74) is 0.494. The molecule has 41 heavy (non-hydrogen) atoms. The molecule has 1 aromatic rings. The zero-order valence-corrected chi connectivity index (χ0v) is 26.3. The van der Waals surface area contributed by atoms with E-state index in [1.165, 1.54) is 0 Å². The Hall–Kier alpha value is -2.58. The number of thioether (sulfide) groups is 1. The van der Waals surface area contributed by atoms with E-state index in [4.69, 9.17) is 0 Å². The van der Waals surface area contributed by atoms with Gasteiger partial charge in [-0.3, -0.25) is 14.4 Å². The van der Waals surface area contributed by atoms with Crippen molar-refractivity contribution in [3.05, 3.63) is 60.2 Å². The van der Waals surface area contributed by atoms with Gasteiger partial charge in [-0.05, 0) is 44.6 Å². The fraction of sp³-hybridized carbons (Fsp3) is 0.606.